The Kier molecular flexibility index (Phi) is 6.45. The van der Waals surface area contributed by atoms with Gasteiger partial charge in [-0.15, -0.1) is 0 Å². The molecule has 0 spiro atoms. The monoisotopic (exact) mass is 298 g/mol. The van der Waals surface area contributed by atoms with Crippen molar-refractivity contribution in [2.24, 2.45) is 11.8 Å². The zero-order chi connectivity index (χ0) is 15.1. The Balaban J connectivity index is 2.60. The first kappa shape index (κ1) is 16.4. The fraction of sp³-hybridized carbons (Fsp3) is 0.500. The zero-order valence-corrected chi connectivity index (χ0v) is 12.4. The summed E-state index contributed by atoms with van der Waals surface area (Å²) in [6.45, 7) is 4.36. The zero-order valence-electron chi connectivity index (χ0n) is 11.6. The maximum atomic E-state index is 12.0. The normalized spacial score (nSPS) is 12.2. The smallest absolute Gasteiger partial charge is 0.303 e. The van der Waals surface area contributed by atoms with Gasteiger partial charge in [0.2, 0.25) is 0 Å². The van der Waals surface area contributed by atoms with Gasteiger partial charge in [0, 0.05) is 25.4 Å². The summed E-state index contributed by atoms with van der Waals surface area (Å²) >= 11 is 5.91. The number of carbonyl (C=O) groups is 2. The predicted octanol–water partition coefficient (Wildman–Crippen LogP) is 2.60. The van der Waals surface area contributed by atoms with Crippen molar-refractivity contribution >= 4 is 23.5 Å². The molecule has 6 heteroatoms. The first-order chi connectivity index (χ1) is 9.40. The molecular weight excluding hydrogens is 280 g/mol. The van der Waals surface area contributed by atoms with Crippen molar-refractivity contribution in [3.63, 3.8) is 0 Å². The van der Waals surface area contributed by atoms with E-state index in [0.717, 1.165) is 6.42 Å². The molecule has 1 heterocycles. The molecule has 20 heavy (non-hydrogen) atoms. The highest BCUT2D eigenvalue weighted by atomic mass is 35.5. The predicted molar refractivity (Wildman–Crippen MR) is 76.8 cm³/mol. The van der Waals surface area contributed by atoms with Crippen LogP contribution in [0.1, 0.15) is 37.0 Å². The van der Waals surface area contributed by atoms with Crippen LogP contribution in [-0.2, 0) is 4.79 Å². The molecule has 0 bridgehead atoms. The molecule has 0 aromatic carbocycles. The van der Waals surface area contributed by atoms with Crippen molar-refractivity contribution in [1.82, 2.24) is 10.3 Å². The lowest BCUT2D eigenvalue weighted by molar-refractivity contribution is -0.138. The van der Waals surface area contributed by atoms with Gasteiger partial charge in [-0.05, 0) is 24.3 Å². The van der Waals surface area contributed by atoms with Gasteiger partial charge in [-0.2, -0.15) is 0 Å². The molecule has 0 saturated carbocycles. The number of nitrogens with zero attached hydrogens (tertiary/aromatic N) is 1. The third-order valence-corrected chi connectivity index (χ3v) is 3.16. The van der Waals surface area contributed by atoms with Gasteiger partial charge in [0.1, 0.15) is 0 Å². The minimum absolute atomic E-state index is 0.0409. The van der Waals surface area contributed by atoms with E-state index in [1.807, 2.05) is 13.8 Å². The molecule has 5 nitrogen and oxygen atoms in total. The van der Waals surface area contributed by atoms with E-state index in [1.165, 1.54) is 12.4 Å². The van der Waals surface area contributed by atoms with Gasteiger partial charge in [-0.3, -0.25) is 14.6 Å². The number of carbonyl (C=O) groups excluding carboxylic acids is 1. The second-order valence-electron chi connectivity index (χ2n) is 5.16. The third-order valence-electron chi connectivity index (χ3n) is 2.83. The fourth-order valence-electron chi connectivity index (χ4n) is 2.03. The van der Waals surface area contributed by atoms with E-state index < -0.39 is 5.97 Å². The van der Waals surface area contributed by atoms with Crippen LogP contribution in [-0.4, -0.2) is 28.5 Å². The molecular formula is C14H19ClN2O3. The van der Waals surface area contributed by atoms with Crippen molar-refractivity contribution < 1.29 is 14.7 Å². The molecule has 0 aliphatic rings. The summed E-state index contributed by atoms with van der Waals surface area (Å²) in [5.74, 6) is -0.906. The Bertz CT molecular complexity index is 477. The summed E-state index contributed by atoms with van der Waals surface area (Å²) in [6, 6.07) is 1.54. The summed E-state index contributed by atoms with van der Waals surface area (Å²) in [4.78, 5) is 26.6. The average Bonchev–Trinajstić information content (AvgIpc) is 2.34. The summed E-state index contributed by atoms with van der Waals surface area (Å²) in [5.41, 5.74) is 0.299. The van der Waals surface area contributed by atoms with Gasteiger partial charge in [-0.1, -0.05) is 25.4 Å². The summed E-state index contributed by atoms with van der Waals surface area (Å²) < 4.78 is 0. The van der Waals surface area contributed by atoms with Crippen LogP contribution in [0.3, 0.4) is 0 Å². The van der Waals surface area contributed by atoms with Crippen LogP contribution in [0.2, 0.25) is 5.02 Å². The Morgan fingerprint density at radius 1 is 1.45 bits per heavy atom. The minimum atomic E-state index is -0.857. The van der Waals surface area contributed by atoms with Crippen LogP contribution in [0.15, 0.2) is 18.5 Å². The van der Waals surface area contributed by atoms with Crippen LogP contribution >= 0.6 is 11.6 Å². The highest BCUT2D eigenvalue weighted by Gasteiger charge is 2.17. The molecule has 1 aromatic heterocycles. The molecule has 0 radical (unpaired) electrons. The van der Waals surface area contributed by atoms with E-state index in [0.29, 0.717) is 23.0 Å². The van der Waals surface area contributed by atoms with Crippen molar-refractivity contribution in [2.45, 2.75) is 26.7 Å². The van der Waals surface area contributed by atoms with Crippen molar-refractivity contribution in [3.8, 4) is 0 Å². The SMILES string of the molecule is CC(C)CC(CNC(=O)c1cnccc1Cl)CC(=O)O. The number of aliphatic carboxylic acids is 1. The fourth-order valence-corrected chi connectivity index (χ4v) is 2.22. The lowest BCUT2D eigenvalue weighted by atomic mass is 9.94. The van der Waals surface area contributed by atoms with Crippen molar-refractivity contribution in [1.29, 1.82) is 0 Å². The Morgan fingerprint density at radius 2 is 2.15 bits per heavy atom. The summed E-state index contributed by atoms with van der Waals surface area (Å²) in [6.07, 6.45) is 3.68. The molecule has 1 aromatic rings. The number of nitrogens with one attached hydrogen (secondary N) is 1. The van der Waals surface area contributed by atoms with Gasteiger partial charge >= 0.3 is 5.97 Å². The quantitative estimate of drug-likeness (QED) is 0.811. The van der Waals surface area contributed by atoms with Gasteiger partial charge < -0.3 is 10.4 Å². The average molecular weight is 299 g/mol. The molecule has 1 amide bonds. The number of hydrogen-bond donors (Lipinski definition) is 2. The number of pyridine rings is 1. The topological polar surface area (TPSA) is 79.3 Å². The molecule has 2 N–H and O–H groups in total. The minimum Gasteiger partial charge on any atom is -0.481 e. The highest BCUT2D eigenvalue weighted by molar-refractivity contribution is 6.33. The highest BCUT2D eigenvalue weighted by Crippen LogP contribution is 2.16. The Hall–Kier alpha value is -1.62. The van der Waals surface area contributed by atoms with Gasteiger partial charge in [-0.25, -0.2) is 0 Å². The van der Waals surface area contributed by atoms with E-state index in [2.05, 4.69) is 10.3 Å². The number of amides is 1. The van der Waals surface area contributed by atoms with Crippen molar-refractivity contribution in [3.05, 3.63) is 29.0 Å². The molecule has 0 saturated heterocycles. The van der Waals surface area contributed by atoms with E-state index in [4.69, 9.17) is 16.7 Å². The molecule has 0 aliphatic carbocycles. The van der Waals surface area contributed by atoms with Gasteiger partial charge in [0.15, 0.2) is 0 Å². The molecule has 0 fully saturated rings. The maximum Gasteiger partial charge on any atom is 0.303 e. The van der Waals surface area contributed by atoms with E-state index in [-0.39, 0.29) is 18.2 Å². The number of carboxylic acid groups (broad SMARTS) is 1. The largest absolute Gasteiger partial charge is 0.481 e. The first-order valence-corrected chi connectivity index (χ1v) is 6.87. The van der Waals surface area contributed by atoms with Crippen LogP contribution < -0.4 is 5.32 Å². The lowest BCUT2D eigenvalue weighted by Gasteiger charge is -2.17. The van der Waals surface area contributed by atoms with Crippen LogP contribution in [0.4, 0.5) is 0 Å². The second-order valence-corrected chi connectivity index (χ2v) is 5.57. The summed E-state index contributed by atoms with van der Waals surface area (Å²) in [5, 5.41) is 11.9. The van der Waals surface area contributed by atoms with E-state index in [9.17, 15) is 9.59 Å². The third kappa shape index (κ3) is 5.57. The Morgan fingerprint density at radius 3 is 2.70 bits per heavy atom. The van der Waals surface area contributed by atoms with Crippen LogP contribution in [0, 0.1) is 11.8 Å². The standard InChI is InChI=1S/C14H19ClN2O3/c1-9(2)5-10(6-13(18)19)7-17-14(20)11-8-16-4-3-12(11)15/h3-4,8-10H,5-7H2,1-2H3,(H,17,20)(H,18,19). The van der Waals surface area contributed by atoms with Crippen molar-refractivity contribution in [2.75, 3.05) is 6.54 Å². The van der Waals surface area contributed by atoms with E-state index >= 15 is 0 Å². The lowest BCUT2D eigenvalue weighted by Crippen LogP contribution is -2.31. The number of carboxylic acids is 1. The Labute approximate surface area is 123 Å². The van der Waals surface area contributed by atoms with Crippen LogP contribution in [0.25, 0.3) is 0 Å². The first-order valence-electron chi connectivity index (χ1n) is 6.49. The number of aromatic nitrogens is 1. The van der Waals surface area contributed by atoms with Gasteiger partial charge in [0.05, 0.1) is 10.6 Å². The molecule has 1 unspecified atom stereocenters. The molecule has 1 rings (SSSR count). The molecule has 1 atom stereocenters. The molecule has 0 aliphatic heterocycles. The summed E-state index contributed by atoms with van der Waals surface area (Å²) in [7, 11) is 0. The second kappa shape index (κ2) is 7.85. The number of rotatable bonds is 7. The van der Waals surface area contributed by atoms with E-state index in [1.54, 1.807) is 6.07 Å². The van der Waals surface area contributed by atoms with Crippen LogP contribution in [0.5, 0.6) is 0 Å². The molecule has 110 valence electrons. The van der Waals surface area contributed by atoms with Gasteiger partial charge in [0.25, 0.3) is 5.91 Å². The maximum absolute atomic E-state index is 12.0. The number of hydrogen-bond acceptors (Lipinski definition) is 3. The number of halogens is 1.